The van der Waals surface area contributed by atoms with Crippen LogP contribution in [0.1, 0.15) is 66.0 Å². The molecule has 6 heteroatoms. The second-order valence-electron chi connectivity index (χ2n) is 9.50. The van der Waals surface area contributed by atoms with Crippen molar-refractivity contribution >= 4 is 23.7 Å². The molecule has 0 N–H and O–H groups in total. The molecule has 31 heavy (non-hydrogen) atoms. The van der Waals surface area contributed by atoms with E-state index in [-0.39, 0.29) is 23.7 Å². The SMILES string of the molecule is COC(=O)Cn1c(C)c(Cc2ccccc2SN2CCCC2)c2c1CC(C)(C)CC2=O. The van der Waals surface area contributed by atoms with Crippen molar-refractivity contribution in [2.45, 2.75) is 64.3 Å². The number of carbonyl (C=O) groups excluding carboxylic acids is 2. The van der Waals surface area contributed by atoms with E-state index in [4.69, 9.17) is 4.74 Å². The Kier molecular flexibility index (Phi) is 6.31. The van der Waals surface area contributed by atoms with Crippen LogP contribution in [0.25, 0.3) is 0 Å². The largest absolute Gasteiger partial charge is 0.468 e. The van der Waals surface area contributed by atoms with Gasteiger partial charge in [0, 0.05) is 47.8 Å². The topological polar surface area (TPSA) is 51.5 Å². The Morgan fingerprint density at radius 1 is 1.16 bits per heavy atom. The third-order valence-corrected chi connectivity index (χ3v) is 7.69. The highest BCUT2D eigenvalue weighted by Gasteiger charge is 2.37. The van der Waals surface area contributed by atoms with Crippen molar-refractivity contribution in [1.82, 2.24) is 8.87 Å². The molecule has 1 aliphatic heterocycles. The van der Waals surface area contributed by atoms with Gasteiger partial charge in [-0.15, -0.1) is 0 Å². The van der Waals surface area contributed by atoms with Crippen molar-refractivity contribution < 1.29 is 14.3 Å². The highest BCUT2D eigenvalue weighted by atomic mass is 32.2. The quantitative estimate of drug-likeness (QED) is 0.476. The van der Waals surface area contributed by atoms with Gasteiger partial charge in [-0.3, -0.25) is 9.59 Å². The average molecular weight is 441 g/mol. The molecule has 0 amide bonds. The zero-order valence-corrected chi connectivity index (χ0v) is 19.8. The van der Waals surface area contributed by atoms with E-state index in [1.165, 1.54) is 30.4 Å². The summed E-state index contributed by atoms with van der Waals surface area (Å²) in [4.78, 5) is 26.6. The molecule has 1 aromatic carbocycles. The molecule has 2 aromatic rings. The summed E-state index contributed by atoms with van der Waals surface area (Å²) in [5, 5.41) is 0. The smallest absolute Gasteiger partial charge is 0.325 e. The molecule has 1 aliphatic carbocycles. The lowest BCUT2D eigenvalue weighted by atomic mass is 9.75. The first-order valence-corrected chi connectivity index (χ1v) is 11.9. The van der Waals surface area contributed by atoms with Crippen molar-refractivity contribution in [3.63, 3.8) is 0 Å². The van der Waals surface area contributed by atoms with Gasteiger partial charge < -0.3 is 9.30 Å². The average Bonchev–Trinajstić information content (AvgIpc) is 3.31. The lowest BCUT2D eigenvalue weighted by molar-refractivity contribution is -0.141. The Bertz CT molecular complexity index is 1000. The number of carbonyl (C=O) groups is 2. The van der Waals surface area contributed by atoms with Gasteiger partial charge in [0.15, 0.2) is 5.78 Å². The molecule has 0 saturated carbocycles. The summed E-state index contributed by atoms with van der Waals surface area (Å²) in [6.07, 6.45) is 4.53. The maximum atomic E-state index is 13.3. The molecule has 0 bridgehead atoms. The third-order valence-electron chi connectivity index (χ3n) is 6.47. The number of hydrogen-bond acceptors (Lipinski definition) is 5. The minimum atomic E-state index is -0.284. The van der Waals surface area contributed by atoms with Crippen LogP contribution in [-0.2, 0) is 28.9 Å². The summed E-state index contributed by atoms with van der Waals surface area (Å²) < 4.78 is 9.39. The first-order valence-electron chi connectivity index (χ1n) is 11.1. The standard InChI is InChI=1S/C25H32N2O3S/c1-17-19(13-18-9-5-6-10-22(18)31-26-11-7-8-12-26)24-20(27(17)16-23(29)30-4)14-25(2,3)15-21(24)28/h5-6,9-10H,7-8,11-16H2,1-4H3. The first kappa shape index (κ1) is 22.2. The number of ketones is 1. The number of nitrogens with zero attached hydrogens (tertiary/aromatic N) is 2. The van der Waals surface area contributed by atoms with Gasteiger partial charge in [0.1, 0.15) is 6.54 Å². The van der Waals surface area contributed by atoms with Gasteiger partial charge in [0.25, 0.3) is 0 Å². The third kappa shape index (κ3) is 4.60. The molecule has 0 unspecified atom stereocenters. The number of Topliss-reactive ketones (excluding diaryl/α,β-unsaturated/α-hetero) is 1. The number of hydrogen-bond donors (Lipinski definition) is 0. The summed E-state index contributed by atoms with van der Waals surface area (Å²) in [5.41, 5.74) is 5.02. The van der Waals surface area contributed by atoms with Gasteiger partial charge in [0.2, 0.25) is 0 Å². The fraction of sp³-hybridized carbons (Fsp3) is 0.520. The van der Waals surface area contributed by atoms with Crippen molar-refractivity contribution in [1.29, 1.82) is 0 Å². The maximum absolute atomic E-state index is 13.3. The zero-order chi connectivity index (χ0) is 22.2. The summed E-state index contributed by atoms with van der Waals surface area (Å²) >= 11 is 1.83. The Balaban J connectivity index is 1.74. The predicted molar refractivity (Wildman–Crippen MR) is 124 cm³/mol. The second kappa shape index (κ2) is 8.83. The van der Waals surface area contributed by atoms with E-state index in [2.05, 4.69) is 42.4 Å². The molecule has 0 atom stereocenters. The molecule has 0 spiro atoms. The summed E-state index contributed by atoms with van der Waals surface area (Å²) in [7, 11) is 1.41. The van der Waals surface area contributed by atoms with Crippen molar-refractivity contribution in [2.24, 2.45) is 5.41 Å². The first-order chi connectivity index (χ1) is 14.8. The molecular weight excluding hydrogens is 408 g/mol. The van der Waals surface area contributed by atoms with Crippen molar-refractivity contribution in [3.8, 4) is 0 Å². The molecule has 1 saturated heterocycles. The van der Waals surface area contributed by atoms with Gasteiger partial charge >= 0.3 is 5.97 Å². The second-order valence-corrected chi connectivity index (χ2v) is 10.6. The van der Waals surface area contributed by atoms with Gasteiger partial charge in [-0.1, -0.05) is 32.0 Å². The molecule has 2 heterocycles. The number of aromatic nitrogens is 1. The van der Waals surface area contributed by atoms with Crippen LogP contribution in [0, 0.1) is 12.3 Å². The number of esters is 1. The van der Waals surface area contributed by atoms with E-state index in [9.17, 15) is 9.59 Å². The molecule has 5 nitrogen and oxygen atoms in total. The number of benzene rings is 1. The Morgan fingerprint density at radius 2 is 1.87 bits per heavy atom. The van der Waals surface area contributed by atoms with Crippen LogP contribution in [-0.4, -0.2) is 40.8 Å². The maximum Gasteiger partial charge on any atom is 0.325 e. The van der Waals surface area contributed by atoms with E-state index in [1.807, 2.05) is 23.4 Å². The lowest BCUT2D eigenvalue weighted by Gasteiger charge is -2.30. The molecule has 0 radical (unpaired) electrons. The van der Waals surface area contributed by atoms with Crippen molar-refractivity contribution in [3.05, 3.63) is 52.3 Å². The summed E-state index contributed by atoms with van der Waals surface area (Å²) in [5.74, 6) is -0.0917. The lowest BCUT2D eigenvalue weighted by Crippen LogP contribution is -2.29. The van der Waals surface area contributed by atoms with Gasteiger partial charge in [-0.05, 0) is 60.7 Å². The fourth-order valence-corrected chi connectivity index (χ4v) is 5.99. The van der Waals surface area contributed by atoms with Crippen LogP contribution in [0.5, 0.6) is 0 Å². The minimum Gasteiger partial charge on any atom is -0.468 e. The van der Waals surface area contributed by atoms with Gasteiger partial charge in [-0.2, -0.15) is 0 Å². The van der Waals surface area contributed by atoms with Crippen molar-refractivity contribution in [2.75, 3.05) is 20.2 Å². The molecule has 1 fully saturated rings. The highest BCUT2D eigenvalue weighted by molar-refractivity contribution is 7.97. The molecule has 1 aromatic heterocycles. The van der Waals surface area contributed by atoms with Crippen LogP contribution in [0.2, 0.25) is 0 Å². The van der Waals surface area contributed by atoms with Crippen LogP contribution < -0.4 is 0 Å². The molecule has 2 aliphatic rings. The number of ether oxygens (including phenoxy) is 1. The number of fused-ring (bicyclic) bond motifs is 1. The fourth-order valence-electron chi connectivity index (χ4n) is 4.88. The van der Waals surface area contributed by atoms with Crippen LogP contribution in [0.15, 0.2) is 29.2 Å². The predicted octanol–water partition coefficient (Wildman–Crippen LogP) is 4.82. The minimum absolute atomic E-state index is 0.108. The van der Waals surface area contributed by atoms with Gasteiger partial charge in [0.05, 0.1) is 7.11 Å². The highest BCUT2D eigenvalue weighted by Crippen LogP contribution is 2.40. The van der Waals surface area contributed by atoms with E-state index in [0.717, 1.165) is 42.0 Å². The summed E-state index contributed by atoms with van der Waals surface area (Å²) in [6.45, 7) is 8.68. The number of methoxy groups -OCH3 is 1. The van der Waals surface area contributed by atoms with E-state index in [1.54, 1.807) is 0 Å². The number of rotatable bonds is 6. The molecular formula is C25H32N2O3S. The van der Waals surface area contributed by atoms with Crippen LogP contribution in [0.4, 0.5) is 0 Å². The monoisotopic (exact) mass is 440 g/mol. The summed E-state index contributed by atoms with van der Waals surface area (Å²) in [6, 6.07) is 8.50. The molecule has 4 rings (SSSR count). The molecule has 166 valence electrons. The Morgan fingerprint density at radius 3 is 2.58 bits per heavy atom. The Hall–Kier alpha value is -2.05. The van der Waals surface area contributed by atoms with Crippen LogP contribution in [0.3, 0.4) is 0 Å². The van der Waals surface area contributed by atoms with E-state index in [0.29, 0.717) is 12.8 Å². The zero-order valence-electron chi connectivity index (χ0n) is 19.0. The normalized spacial score (nSPS) is 18.3. The Labute approximate surface area is 189 Å². The van der Waals surface area contributed by atoms with E-state index < -0.39 is 0 Å². The van der Waals surface area contributed by atoms with Crippen LogP contribution >= 0.6 is 11.9 Å². The van der Waals surface area contributed by atoms with Gasteiger partial charge in [-0.25, -0.2) is 4.31 Å². The van der Waals surface area contributed by atoms with E-state index >= 15 is 0 Å².